The second-order valence-electron chi connectivity index (χ2n) is 4.95. The van der Waals surface area contributed by atoms with Gasteiger partial charge in [-0.3, -0.25) is 4.79 Å². The summed E-state index contributed by atoms with van der Waals surface area (Å²) in [6, 6.07) is 6.78. The third kappa shape index (κ3) is 3.88. The van der Waals surface area contributed by atoms with Gasteiger partial charge in [-0.05, 0) is 42.7 Å². The number of hydrogen-bond acceptors (Lipinski definition) is 2. The zero-order valence-electron chi connectivity index (χ0n) is 12.3. The van der Waals surface area contributed by atoms with Crippen molar-refractivity contribution in [1.29, 1.82) is 0 Å². The van der Waals surface area contributed by atoms with E-state index in [1.807, 2.05) is 19.9 Å². The van der Waals surface area contributed by atoms with Crippen LogP contribution in [0.5, 0.6) is 0 Å². The highest BCUT2D eigenvalue weighted by molar-refractivity contribution is 7.14. The van der Waals surface area contributed by atoms with Crippen LogP contribution in [-0.4, -0.2) is 5.91 Å². The Hall–Kier alpha value is -1.82. The lowest BCUT2D eigenvalue weighted by molar-refractivity contribution is -0.137. The molecule has 0 fully saturated rings. The van der Waals surface area contributed by atoms with Gasteiger partial charge in [0.05, 0.1) is 10.4 Å². The molecule has 0 aliphatic carbocycles. The zero-order chi connectivity index (χ0) is 16.3. The predicted octanol–water partition coefficient (Wildman–Crippen LogP) is 4.57. The van der Waals surface area contributed by atoms with Gasteiger partial charge in [-0.2, -0.15) is 13.2 Å². The van der Waals surface area contributed by atoms with E-state index in [9.17, 15) is 18.0 Å². The number of halogens is 3. The van der Waals surface area contributed by atoms with Crippen molar-refractivity contribution in [1.82, 2.24) is 5.32 Å². The maximum absolute atomic E-state index is 12.6. The summed E-state index contributed by atoms with van der Waals surface area (Å²) in [7, 11) is 0. The summed E-state index contributed by atoms with van der Waals surface area (Å²) in [6.07, 6.45) is -3.52. The minimum atomic E-state index is -4.37. The van der Waals surface area contributed by atoms with Crippen molar-refractivity contribution in [2.45, 2.75) is 33.0 Å². The van der Waals surface area contributed by atoms with Crippen LogP contribution in [0.25, 0.3) is 0 Å². The van der Waals surface area contributed by atoms with Crippen molar-refractivity contribution >= 4 is 17.2 Å². The van der Waals surface area contributed by atoms with Crippen LogP contribution in [0.1, 0.15) is 38.2 Å². The SMILES string of the molecule is CCc1sc(C(=O)NCc2cccc(C(F)(F)F)c2)cc1C. The number of aryl methyl sites for hydroxylation is 2. The maximum atomic E-state index is 12.6. The molecule has 22 heavy (non-hydrogen) atoms. The Morgan fingerprint density at radius 3 is 2.59 bits per heavy atom. The van der Waals surface area contributed by atoms with Crippen LogP contribution in [0, 0.1) is 6.92 Å². The Kier molecular flexibility index (Phi) is 4.90. The average Bonchev–Trinajstić information content (AvgIpc) is 2.85. The molecule has 0 unspecified atom stereocenters. The average molecular weight is 327 g/mol. The molecule has 0 spiro atoms. The number of alkyl halides is 3. The third-order valence-corrected chi connectivity index (χ3v) is 4.65. The summed E-state index contributed by atoms with van der Waals surface area (Å²) < 4.78 is 37.9. The molecule has 0 saturated heterocycles. The van der Waals surface area contributed by atoms with Crippen LogP contribution in [0.15, 0.2) is 30.3 Å². The van der Waals surface area contributed by atoms with Crippen LogP contribution in [0.3, 0.4) is 0 Å². The van der Waals surface area contributed by atoms with Gasteiger partial charge in [-0.1, -0.05) is 19.1 Å². The Morgan fingerprint density at radius 2 is 2.00 bits per heavy atom. The number of hydrogen-bond donors (Lipinski definition) is 1. The number of benzene rings is 1. The Balaban J connectivity index is 2.05. The molecule has 1 aromatic carbocycles. The topological polar surface area (TPSA) is 29.1 Å². The first-order chi connectivity index (χ1) is 10.3. The van der Waals surface area contributed by atoms with Gasteiger partial charge in [0.1, 0.15) is 0 Å². The first kappa shape index (κ1) is 16.5. The van der Waals surface area contributed by atoms with Crippen molar-refractivity contribution in [3.8, 4) is 0 Å². The van der Waals surface area contributed by atoms with Crippen LogP contribution < -0.4 is 5.32 Å². The summed E-state index contributed by atoms with van der Waals surface area (Å²) in [5.74, 6) is -0.259. The molecule has 1 N–H and O–H groups in total. The Labute approximate surface area is 131 Å². The number of rotatable bonds is 4. The van der Waals surface area contributed by atoms with Crippen molar-refractivity contribution < 1.29 is 18.0 Å². The van der Waals surface area contributed by atoms with Gasteiger partial charge in [0.2, 0.25) is 0 Å². The Morgan fingerprint density at radius 1 is 1.27 bits per heavy atom. The lowest BCUT2D eigenvalue weighted by Crippen LogP contribution is -2.22. The number of carbonyl (C=O) groups excluding carboxylic acids is 1. The molecule has 0 saturated carbocycles. The molecular weight excluding hydrogens is 311 g/mol. The summed E-state index contributed by atoms with van der Waals surface area (Å²) in [5, 5.41) is 2.66. The lowest BCUT2D eigenvalue weighted by Gasteiger charge is -2.09. The van der Waals surface area contributed by atoms with E-state index in [-0.39, 0.29) is 12.5 Å². The lowest BCUT2D eigenvalue weighted by atomic mass is 10.1. The quantitative estimate of drug-likeness (QED) is 0.876. The molecule has 0 radical (unpaired) electrons. The molecule has 6 heteroatoms. The fraction of sp³-hybridized carbons (Fsp3) is 0.312. The number of carbonyl (C=O) groups is 1. The van der Waals surface area contributed by atoms with Gasteiger partial charge >= 0.3 is 6.18 Å². The van der Waals surface area contributed by atoms with E-state index in [0.717, 1.165) is 29.0 Å². The van der Waals surface area contributed by atoms with Gasteiger partial charge in [-0.15, -0.1) is 11.3 Å². The van der Waals surface area contributed by atoms with E-state index >= 15 is 0 Å². The number of thiophene rings is 1. The second kappa shape index (κ2) is 6.52. The summed E-state index contributed by atoms with van der Waals surface area (Å²) in [6.45, 7) is 4.03. The molecule has 2 nitrogen and oxygen atoms in total. The molecule has 2 aromatic rings. The summed E-state index contributed by atoms with van der Waals surface area (Å²) in [4.78, 5) is 13.8. The highest BCUT2D eigenvalue weighted by Crippen LogP contribution is 2.29. The van der Waals surface area contributed by atoms with Crippen molar-refractivity contribution in [3.63, 3.8) is 0 Å². The van der Waals surface area contributed by atoms with Gasteiger partial charge in [0.25, 0.3) is 5.91 Å². The number of amides is 1. The monoisotopic (exact) mass is 327 g/mol. The Bertz CT molecular complexity index is 676. The molecule has 1 heterocycles. The molecule has 1 amide bonds. The van der Waals surface area contributed by atoms with E-state index in [1.54, 1.807) is 6.07 Å². The van der Waals surface area contributed by atoms with Gasteiger partial charge in [0, 0.05) is 11.4 Å². The summed E-state index contributed by atoms with van der Waals surface area (Å²) >= 11 is 1.42. The molecule has 0 atom stereocenters. The van der Waals surface area contributed by atoms with Crippen LogP contribution in [0.4, 0.5) is 13.2 Å². The largest absolute Gasteiger partial charge is 0.416 e. The van der Waals surface area contributed by atoms with Gasteiger partial charge < -0.3 is 5.32 Å². The first-order valence-electron chi connectivity index (χ1n) is 6.85. The molecule has 1 aromatic heterocycles. The van der Waals surface area contributed by atoms with E-state index < -0.39 is 11.7 Å². The minimum Gasteiger partial charge on any atom is -0.347 e. The van der Waals surface area contributed by atoms with E-state index in [4.69, 9.17) is 0 Å². The molecule has 118 valence electrons. The highest BCUT2D eigenvalue weighted by atomic mass is 32.1. The molecule has 0 bridgehead atoms. The van der Waals surface area contributed by atoms with Gasteiger partial charge in [0.15, 0.2) is 0 Å². The van der Waals surface area contributed by atoms with E-state index in [2.05, 4.69) is 5.32 Å². The first-order valence-corrected chi connectivity index (χ1v) is 7.66. The fourth-order valence-corrected chi connectivity index (χ4v) is 3.14. The fourth-order valence-electron chi connectivity index (χ4n) is 2.11. The van der Waals surface area contributed by atoms with Crippen molar-refractivity contribution in [2.75, 3.05) is 0 Å². The predicted molar refractivity (Wildman–Crippen MR) is 81.0 cm³/mol. The number of nitrogens with one attached hydrogen (secondary N) is 1. The summed E-state index contributed by atoms with van der Waals surface area (Å²) in [5.41, 5.74) is 0.781. The van der Waals surface area contributed by atoms with Crippen molar-refractivity contribution in [2.24, 2.45) is 0 Å². The van der Waals surface area contributed by atoms with Crippen LogP contribution >= 0.6 is 11.3 Å². The van der Waals surface area contributed by atoms with E-state index in [1.165, 1.54) is 17.4 Å². The molecule has 2 rings (SSSR count). The van der Waals surface area contributed by atoms with E-state index in [0.29, 0.717) is 10.4 Å². The third-order valence-electron chi connectivity index (χ3n) is 3.27. The second-order valence-corrected chi connectivity index (χ2v) is 6.09. The maximum Gasteiger partial charge on any atom is 0.416 e. The van der Waals surface area contributed by atoms with Crippen molar-refractivity contribution in [3.05, 3.63) is 56.8 Å². The highest BCUT2D eigenvalue weighted by Gasteiger charge is 2.30. The van der Waals surface area contributed by atoms with Crippen LogP contribution in [0.2, 0.25) is 0 Å². The minimum absolute atomic E-state index is 0.0706. The molecular formula is C16H16F3NOS. The van der Waals surface area contributed by atoms with Gasteiger partial charge in [-0.25, -0.2) is 0 Å². The van der Waals surface area contributed by atoms with Crippen LogP contribution in [-0.2, 0) is 19.1 Å². The molecule has 0 aliphatic rings. The molecule has 0 aliphatic heterocycles. The normalized spacial score (nSPS) is 11.5. The zero-order valence-corrected chi connectivity index (χ0v) is 13.1. The smallest absolute Gasteiger partial charge is 0.347 e. The standard InChI is InChI=1S/C16H16F3NOS/c1-3-13-10(2)7-14(22-13)15(21)20-9-11-5-4-6-12(8-11)16(17,18)19/h4-8H,3,9H2,1-2H3,(H,20,21).